The lowest BCUT2D eigenvalue weighted by Gasteiger charge is -2.23. The number of aliphatic hydroxyl groups is 1. The lowest BCUT2D eigenvalue weighted by Crippen LogP contribution is -2.27. The molecule has 0 aromatic heterocycles. The van der Waals surface area contributed by atoms with Gasteiger partial charge in [0.2, 0.25) is 5.78 Å². The van der Waals surface area contributed by atoms with Crippen LogP contribution < -0.4 is 0 Å². The molecule has 1 unspecified atom stereocenters. The van der Waals surface area contributed by atoms with Crippen molar-refractivity contribution in [2.24, 2.45) is 5.92 Å². The summed E-state index contributed by atoms with van der Waals surface area (Å²) < 4.78 is 0. The highest BCUT2D eigenvalue weighted by molar-refractivity contribution is 6.40. The quantitative estimate of drug-likeness (QED) is 0.328. The number of carbonyl (C=O) groups excluding carboxylic acids is 2. The molecule has 2 aliphatic rings. The molecule has 4 nitrogen and oxygen atoms in total. The number of hydrogen-bond acceptors (Lipinski definition) is 4. The second-order valence-corrected chi connectivity index (χ2v) is 9.20. The van der Waals surface area contributed by atoms with Crippen LogP contribution in [0.25, 0.3) is 0 Å². The lowest BCUT2D eigenvalue weighted by atomic mass is 9.85. The van der Waals surface area contributed by atoms with Gasteiger partial charge >= 0.3 is 0 Å². The van der Waals surface area contributed by atoms with E-state index >= 15 is 0 Å². The van der Waals surface area contributed by atoms with Crippen LogP contribution in [0.5, 0.6) is 0 Å². The minimum absolute atomic E-state index is 0.0254. The van der Waals surface area contributed by atoms with E-state index in [1.165, 1.54) is 5.57 Å². The molecule has 1 atom stereocenters. The van der Waals surface area contributed by atoms with Crippen molar-refractivity contribution in [2.75, 3.05) is 6.54 Å². The molecule has 3 rings (SSSR count). The monoisotopic (exact) mass is 435 g/mol. The number of nitrogens with zero attached hydrogens (tertiary/aromatic N) is 1. The molecule has 6 heteroatoms. The zero-order valence-corrected chi connectivity index (χ0v) is 18.6. The van der Waals surface area contributed by atoms with Crippen molar-refractivity contribution < 1.29 is 14.7 Å². The third kappa shape index (κ3) is 5.11. The lowest BCUT2D eigenvalue weighted by molar-refractivity contribution is -0.116. The van der Waals surface area contributed by atoms with E-state index < -0.39 is 5.78 Å². The predicted molar refractivity (Wildman–Crippen MR) is 117 cm³/mol. The Balaban J connectivity index is 1.92. The highest BCUT2D eigenvalue weighted by Gasteiger charge is 2.33. The number of halogens is 2. The van der Waals surface area contributed by atoms with Crippen molar-refractivity contribution in [3.8, 4) is 0 Å². The summed E-state index contributed by atoms with van der Waals surface area (Å²) in [6, 6.07) is 3.68. The van der Waals surface area contributed by atoms with Crippen LogP contribution in [0.1, 0.15) is 62.4 Å². The van der Waals surface area contributed by atoms with Crippen molar-refractivity contribution in [1.82, 2.24) is 4.90 Å². The Morgan fingerprint density at radius 1 is 1.24 bits per heavy atom. The van der Waals surface area contributed by atoms with Crippen LogP contribution in [0, 0.1) is 5.92 Å². The summed E-state index contributed by atoms with van der Waals surface area (Å²) in [6.07, 6.45) is 5.01. The van der Waals surface area contributed by atoms with Crippen LogP contribution in [-0.4, -0.2) is 34.2 Å². The number of rotatable bonds is 7. The van der Waals surface area contributed by atoms with Gasteiger partial charge in [-0.2, -0.15) is 0 Å². The van der Waals surface area contributed by atoms with Crippen molar-refractivity contribution in [1.29, 1.82) is 0 Å². The maximum atomic E-state index is 13.1. The molecular weight excluding hydrogens is 409 g/mol. The zero-order chi connectivity index (χ0) is 21.3. The van der Waals surface area contributed by atoms with E-state index in [0.717, 1.165) is 19.4 Å². The van der Waals surface area contributed by atoms with Gasteiger partial charge in [-0.15, -0.1) is 0 Å². The van der Waals surface area contributed by atoms with Gasteiger partial charge in [0, 0.05) is 48.1 Å². The Morgan fingerprint density at radius 2 is 1.93 bits per heavy atom. The summed E-state index contributed by atoms with van der Waals surface area (Å²) in [5.41, 5.74) is 2.00. The van der Waals surface area contributed by atoms with Crippen LogP contribution >= 0.6 is 23.2 Å². The topological polar surface area (TPSA) is 57.6 Å². The molecule has 0 bridgehead atoms. The van der Waals surface area contributed by atoms with Gasteiger partial charge in [0.05, 0.1) is 5.02 Å². The fourth-order valence-electron chi connectivity index (χ4n) is 3.68. The maximum Gasteiger partial charge on any atom is 0.201 e. The number of aliphatic hydroxyl groups excluding tert-OH is 1. The van der Waals surface area contributed by atoms with Gasteiger partial charge in [-0.05, 0) is 44.7 Å². The van der Waals surface area contributed by atoms with E-state index in [4.69, 9.17) is 23.2 Å². The number of hydrogen-bond donors (Lipinski definition) is 1. The minimum Gasteiger partial charge on any atom is -0.511 e. The van der Waals surface area contributed by atoms with Crippen LogP contribution in [0.4, 0.5) is 0 Å². The van der Waals surface area contributed by atoms with Gasteiger partial charge in [-0.3, -0.25) is 14.5 Å². The molecule has 1 saturated carbocycles. The Bertz CT molecular complexity index is 896. The molecular formula is C23H27Cl2NO3. The molecule has 0 aliphatic heterocycles. The minimum atomic E-state index is -0.524. The SMILES string of the molecule is CC(C)=CCN(Cc1c(Cl)ccc(C(=O)C2=C(O)CC(C)CC2=O)c1Cl)C1CC1. The number of ketones is 2. The molecule has 1 N–H and O–H groups in total. The van der Waals surface area contributed by atoms with Crippen molar-refractivity contribution in [2.45, 2.75) is 59.0 Å². The maximum absolute atomic E-state index is 13.1. The average molecular weight is 436 g/mol. The molecule has 0 heterocycles. The van der Waals surface area contributed by atoms with E-state index in [9.17, 15) is 14.7 Å². The van der Waals surface area contributed by atoms with E-state index in [2.05, 4.69) is 24.8 Å². The Hall–Kier alpha value is -1.62. The van der Waals surface area contributed by atoms with Crippen LogP contribution in [0.3, 0.4) is 0 Å². The molecule has 0 amide bonds. The van der Waals surface area contributed by atoms with Crippen molar-refractivity contribution in [3.05, 3.63) is 56.3 Å². The third-order valence-electron chi connectivity index (χ3n) is 5.46. The molecule has 0 spiro atoms. The smallest absolute Gasteiger partial charge is 0.201 e. The Labute approximate surface area is 182 Å². The summed E-state index contributed by atoms with van der Waals surface area (Å²) >= 11 is 13.1. The largest absolute Gasteiger partial charge is 0.511 e. The van der Waals surface area contributed by atoms with E-state index in [-0.39, 0.29) is 40.0 Å². The number of Topliss-reactive ketones (excluding diaryl/α,β-unsaturated/α-hetero) is 2. The molecule has 1 aromatic carbocycles. The first-order chi connectivity index (χ1) is 13.7. The zero-order valence-electron chi connectivity index (χ0n) is 17.1. The van der Waals surface area contributed by atoms with E-state index in [1.807, 2.05) is 6.92 Å². The second kappa shape index (κ2) is 9.03. The van der Waals surface area contributed by atoms with Gasteiger partial charge in [-0.25, -0.2) is 0 Å². The molecule has 156 valence electrons. The molecule has 0 saturated heterocycles. The molecule has 2 aliphatic carbocycles. The molecule has 0 radical (unpaired) electrons. The van der Waals surface area contributed by atoms with Crippen molar-refractivity contribution >= 4 is 34.8 Å². The highest BCUT2D eigenvalue weighted by atomic mass is 35.5. The summed E-state index contributed by atoms with van der Waals surface area (Å²) in [5.74, 6) is -0.974. The predicted octanol–water partition coefficient (Wildman–Crippen LogP) is 5.92. The van der Waals surface area contributed by atoms with E-state index in [0.29, 0.717) is 29.6 Å². The summed E-state index contributed by atoms with van der Waals surface area (Å²) in [5, 5.41) is 11.0. The summed E-state index contributed by atoms with van der Waals surface area (Å²) in [6.45, 7) is 7.32. The third-order valence-corrected chi connectivity index (χ3v) is 6.25. The Kier molecular flexibility index (Phi) is 6.87. The normalized spacial score (nSPS) is 19.7. The van der Waals surface area contributed by atoms with Gasteiger partial charge in [0.25, 0.3) is 0 Å². The fourth-order valence-corrected chi connectivity index (χ4v) is 4.26. The molecule has 1 fully saturated rings. The van der Waals surface area contributed by atoms with Crippen LogP contribution in [0.2, 0.25) is 10.0 Å². The molecule has 1 aromatic rings. The number of benzene rings is 1. The first kappa shape index (κ1) is 22.1. The highest BCUT2D eigenvalue weighted by Crippen LogP contribution is 2.36. The van der Waals surface area contributed by atoms with Crippen molar-refractivity contribution in [3.63, 3.8) is 0 Å². The first-order valence-corrected chi connectivity index (χ1v) is 10.8. The van der Waals surface area contributed by atoms with Gasteiger partial charge in [0.1, 0.15) is 11.3 Å². The average Bonchev–Trinajstić information content (AvgIpc) is 3.45. The summed E-state index contributed by atoms with van der Waals surface area (Å²) in [7, 11) is 0. The van der Waals surface area contributed by atoms with Gasteiger partial charge in [0.15, 0.2) is 5.78 Å². The number of allylic oxidation sites excluding steroid dienone is 3. The Morgan fingerprint density at radius 3 is 2.52 bits per heavy atom. The number of carbonyl (C=O) groups is 2. The fraction of sp³-hybridized carbons (Fsp3) is 0.478. The summed E-state index contributed by atoms with van der Waals surface area (Å²) in [4.78, 5) is 27.8. The van der Waals surface area contributed by atoms with Gasteiger partial charge < -0.3 is 5.11 Å². The standard InChI is InChI=1S/C23H27Cl2NO3/c1-13(2)8-9-26(15-4-5-15)12-17-18(24)7-6-16(22(17)25)23(29)21-19(27)10-14(3)11-20(21)28/h6-8,14-15,27H,4-5,9-12H2,1-3H3. The van der Waals surface area contributed by atoms with Crippen LogP contribution in [-0.2, 0) is 11.3 Å². The van der Waals surface area contributed by atoms with Crippen LogP contribution in [0.15, 0.2) is 35.1 Å². The first-order valence-electron chi connectivity index (χ1n) is 10.0. The second-order valence-electron chi connectivity index (χ2n) is 8.42. The van der Waals surface area contributed by atoms with Gasteiger partial charge in [-0.1, -0.05) is 41.8 Å². The van der Waals surface area contributed by atoms with E-state index in [1.54, 1.807) is 12.1 Å². The molecule has 29 heavy (non-hydrogen) atoms.